The van der Waals surface area contributed by atoms with Crippen LogP contribution in [0.25, 0.3) is 11.2 Å². The van der Waals surface area contributed by atoms with Gasteiger partial charge in [0.05, 0.1) is 0 Å². The quantitative estimate of drug-likeness (QED) is 0.854. The van der Waals surface area contributed by atoms with Crippen molar-refractivity contribution in [1.29, 1.82) is 0 Å². The Morgan fingerprint density at radius 1 is 1.32 bits per heavy atom. The highest BCUT2D eigenvalue weighted by molar-refractivity contribution is 5.84. The van der Waals surface area contributed by atoms with Gasteiger partial charge in [-0.25, -0.2) is 15.0 Å². The third kappa shape index (κ3) is 1.59. The van der Waals surface area contributed by atoms with Crippen LogP contribution in [0.15, 0.2) is 6.33 Å². The minimum absolute atomic E-state index is 0.478. The SMILES string of the molecule is Cn1c(N)nc2c(N[C@@H]3C[C@@H]4CC[C@H]3C4)ncnc21. The van der Waals surface area contributed by atoms with E-state index in [2.05, 4.69) is 20.3 Å². The van der Waals surface area contributed by atoms with Gasteiger partial charge in [-0.05, 0) is 31.1 Å². The molecular formula is C13H18N6. The lowest BCUT2D eigenvalue weighted by molar-refractivity contribution is 0.439. The average Bonchev–Trinajstić information content (AvgIpc) is 3.08. The van der Waals surface area contributed by atoms with Crippen LogP contribution in [-0.4, -0.2) is 25.6 Å². The van der Waals surface area contributed by atoms with Crippen LogP contribution in [0.3, 0.4) is 0 Å². The van der Waals surface area contributed by atoms with E-state index in [0.29, 0.717) is 12.0 Å². The van der Waals surface area contributed by atoms with Gasteiger partial charge in [-0.1, -0.05) is 6.42 Å². The summed E-state index contributed by atoms with van der Waals surface area (Å²) in [6.07, 6.45) is 6.97. The highest BCUT2D eigenvalue weighted by Crippen LogP contribution is 2.45. The van der Waals surface area contributed by atoms with Crippen LogP contribution in [-0.2, 0) is 7.05 Å². The van der Waals surface area contributed by atoms with E-state index in [9.17, 15) is 0 Å². The highest BCUT2D eigenvalue weighted by Gasteiger charge is 2.39. The molecule has 2 aromatic heterocycles. The number of imidazole rings is 1. The molecule has 0 spiro atoms. The van der Waals surface area contributed by atoms with Crippen molar-refractivity contribution in [2.45, 2.75) is 31.7 Å². The van der Waals surface area contributed by atoms with Crippen molar-refractivity contribution in [1.82, 2.24) is 19.5 Å². The molecule has 2 bridgehead atoms. The van der Waals surface area contributed by atoms with E-state index in [-0.39, 0.29) is 0 Å². The fraction of sp³-hybridized carbons (Fsp3) is 0.615. The van der Waals surface area contributed by atoms with Gasteiger partial charge in [0.25, 0.3) is 0 Å². The van der Waals surface area contributed by atoms with Gasteiger partial charge in [0, 0.05) is 13.1 Å². The molecule has 0 aromatic carbocycles. The molecule has 2 aromatic rings. The number of nitrogen functional groups attached to an aromatic ring is 1. The summed E-state index contributed by atoms with van der Waals surface area (Å²) in [5.41, 5.74) is 7.42. The molecular weight excluding hydrogens is 240 g/mol. The second-order valence-electron chi connectivity index (χ2n) is 5.85. The monoisotopic (exact) mass is 258 g/mol. The van der Waals surface area contributed by atoms with E-state index in [1.807, 2.05) is 7.05 Å². The lowest BCUT2D eigenvalue weighted by atomic mass is 9.95. The molecule has 0 unspecified atom stereocenters. The molecule has 2 aliphatic carbocycles. The van der Waals surface area contributed by atoms with Gasteiger partial charge in [0.15, 0.2) is 17.0 Å². The summed E-state index contributed by atoms with van der Waals surface area (Å²) in [6.45, 7) is 0. The molecule has 0 amide bonds. The minimum Gasteiger partial charge on any atom is -0.369 e. The van der Waals surface area contributed by atoms with Crippen molar-refractivity contribution in [3.63, 3.8) is 0 Å². The molecule has 3 N–H and O–H groups in total. The second-order valence-corrected chi connectivity index (χ2v) is 5.85. The van der Waals surface area contributed by atoms with Crippen LogP contribution in [0.1, 0.15) is 25.7 Å². The zero-order valence-corrected chi connectivity index (χ0v) is 11.0. The maximum Gasteiger partial charge on any atom is 0.202 e. The number of aromatic nitrogens is 4. The number of aryl methyl sites for hydroxylation is 1. The minimum atomic E-state index is 0.478. The van der Waals surface area contributed by atoms with Gasteiger partial charge in [-0.3, -0.25) is 4.57 Å². The third-order valence-electron chi connectivity index (χ3n) is 4.75. The maximum atomic E-state index is 5.85. The number of nitrogens with two attached hydrogens (primary N) is 1. The molecule has 2 heterocycles. The lowest BCUT2D eigenvalue weighted by Gasteiger charge is -2.23. The number of nitrogens with one attached hydrogen (secondary N) is 1. The van der Waals surface area contributed by atoms with Crippen molar-refractivity contribution in [3.8, 4) is 0 Å². The molecule has 2 aliphatic rings. The number of fused-ring (bicyclic) bond motifs is 3. The number of hydrogen-bond donors (Lipinski definition) is 2. The Labute approximate surface area is 111 Å². The molecule has 3 atom stereocenters. The summed E-state index contributed by atoms with van der Waals surface area (Å²) in [5.74, 6) is 3.02. The van der Waals surface area contributed by atoms with E-state index in [1.165, 1.54) is 25.7 Å². The van der Waals surface area contributed by atoms with Crippen molar-refractivity contribution in [2.75, 3.05) is 11.1 Å². The molecule has 4 rings (SSSR count). The van der Waals surface area contributed by atoms with Gasteiger partial charge in [0.2, 0.25) is 5.95 Å². The van der Waals surface area contributed by atoms with Gasteiger partial charge in [-0.15, -0.1) is 0 Å². The molecule has 19 heavy (non-hydrogen) atoms. The maximum absolute atomic E-state index is 5.85. The smallest absolute Gasteiger partial charge is 0.202 e. The predicted octanol–water partition coefficient (Wildman–Crippen LogP) is 1.55. The largest absolute Gasteiger partial charge is 0.369 e. The molecule has 0 radical (unpaired) electrons. The van der Waals surface area contributed by atoms with Crippen LogP contribution in [0.2, 0.25) is 0 Å². The number of rotatable bonds is 2. The van der Waals surface area contributed by atoms with E-state index >= 15 is 0 Å². The van der Waals surface area contributed by atoms with Gasteiger partial charge in [0.1, 0.15) is 6.33 Å². The fourth-order valence-electron chi connectivity index (χ4n) is 3.72. The van der Waals surface area contributed by atoms with Crippen molar-refractivity contribution in [2.24, 2.45) is 18.9 Å². The van der Waals surface area contributed by atoms with Crippen molar-refractivity contribution < 1.29 is 0 Å². The Morgan fingerprint density at radius 3 is 2.95 bits per heavy atom. The van der Waals surface area contributed by atoms with Crippen LogP contribution < -0.4 is 11.1 Å². The first-order valence-electron chi connectivity index (χ1n) is 6.92. The summed E-state index contributed by atoms with van der Waals surface area (Å²) < 4.78 is 1.79. The fourth-order valence-corrected chi connectivity index (χ4v) is 3.72. The van der Waals surface area contributed by atoms with Crippen LogP contribution >= 0.6 is 0 Å². The Kier molecular flexibility index (Phi) is 2.22. The summed E-state index contributed by atoms with van der Waals surface area (Å²) in [4.78, 5) is 13.0. The molecule has 2 fully saturated rings. The topological polar surface area (TPSA) is 81.7 Å². The third-order valence-corrected chi connectivity index (χ3v) is 4.75. The first kappa shape index (κ1) is 11.0. The number of nitrogens with zero attached hydrogens (tertiary/aromatic N) is 4. The van der Waals surface area contributed by atoms with Gasteiger partial charge < -0.3 is 11.1 Å². The molecule has 0 saturated heterocycles. The first-order valence-corrected chi connectivity index (χ1v) is 6.92. The van der Waals surface area contributed by atoms with Crippen molar-refractivity contribution in [3.05, 3.63) is 6.33 Å². The molecule has 0 aliphatic heterocycles. The Balaban J connectivity index is 1.69. The molecule has 100 valence electrons. The first-order chi connectivity index (χ1) is 9.22. The highest BCUT2D eigenvalue weighted by atomic mass is 15.2. The number of anilines is 2. The van der Waals surface area contributed by atoms with E-state index in [4.69, 9.17) is 5.73 Å². The standard InChI is InChI=1S/C13H18N6/c1-19-12-10(18-13(19)14)11(15-6-16-12)17-9-5-7-2-3-8(9)4-7/h6-9H,2-5H2,1H3,(H2,14,18)(H,15,16,17)/t7-,8+,9-/m1/s1. The predicted molar refractivity (Wildman–Crippen MR) is 73.6 cm³/mol. The average molecular weight is 258 g/mol. The van der Waals surface area contributed by atoms with Gasteiger partial charge >= 0.3 is 0 Å². The summed E-state index contributed by atoms with van der Waals surface area (Å²) in [7, 11) is 1.87. The molecule has 2 saturated carbocycles. The van der Waals surface area contributed by atoms with Crippen LogP contribution in [0, 0.1) is 11.8 Å². The number of hydrogen-bond acceptors (Lipinski definition) is 5. The summed E-state index contributed by atoms with van der Waals surface area (Å²) >= 11 is 0. The zero-order valence-electron chi connectivity index (χ0n) is 11.0. The Hall–Kier alpha value is -1.85. The summed E-state index contributed by atoms with van der Waals surface area (Å²) in [6, 6.07) is 0.542. The Morgan fingerprint density at radius 2 is 2.21 bits per heavy atom. The van der Waals surface area contributed by atoms with Crippen molar-refractivity contribution >= 4 is 22.9 Å². The second kappa shape index (κ2) is 3.82. The van der Waals surface area contributed by atoms with E-state index < -0.39 is 0 Å². The zero-order chi connectivity index (χ0) is 13.0. The molecule has 6 heteroatoms. The van der Waals surface area contributed by atoms with E-state index in [0.717, 1.165) is 28.8 Å². The van der Waals surface area contributed by atoms with Crippen LogP contribution in [0.4, 0.5) is 11.8 Å². The summed E-state index contributed by atoms with van der Waals surface area (Å²) in [5, 5.41) is 3.57. The molecule has 6 nitrogen and oxygen atoms in total. The van der Waals surface area contributed by atoms with Crippen LogP contribution in [0.5, 0.6) is 0 Å². The van der Waals surface area contributed by atoms with Gasteiger partial charge in [-0.2, -0.15) is 0 Å². The van der Waals surface area contributed by atoms with E-state index in [1.54, 1.807) is 10.9 Å². The Bertz CT molecular complexity index is 633. The lowest BCUT2D eigenvalue weighted by Crippen LogP contribution is -2.26. The normalized spacial score (nSPS) is 29.2.